The third kappa shape index (κ3) is 3.26. The van der Waals surface area contributed by atoms with E-state index in [1.54, 1.807) is 0 Å². The average molecular weight is 286 g/mol. The van der Waals surface area contributed by atoms with E-state index in [0.717, 1.165) is 12.1 Å². The Bertz CT molecular complexity index is 460. The molecule has 1 aromatic rings. The summed E-state index contributed by atoms with van der Waals surface area (Å²) in [5, 5.41) is 19.4. The Labute approximate surface area is 102 Å². The van der Waals surface area contributed by atoms with Crippen LogP contribution in [0.2, 0.25) is 0 Å². The molecule has 0 unspecified atom stereocenters. The van der Waals surface area contributed by atoms with Crippen molar-refractivity contribution in [2.24, 2.45) is 0 Å². The molecule has 19 heavy (non-hydrogen) atoms. The van der Waals surface area contributed by atoms with Crippen LogP contribution in [0.25, 0.3) is 0 Å². The fourth-order valence-electron chi connectivity index (χ4n) is 0.897. The summed E-state index contributed by atoms with van der Waals surface area (Å²) in [6.45, 7) is 0. The second-order valence-corrected chi connectivity index (χ2v) is 3.20. The average Bonchev–Trinajstić information content (AvgIpc) is 2.28. The number of hydrogen-bond donors (Lipinski definition) is 2. The molecule has 0 aromatic carbocycles. The van der Waals surface area contributed by atoms with Gasteiger partial charge in [0.25, 0.3) is 0 Å². The first-order valence-corrected chi connectivity index (χ1v) is 4.44. The van der Waals surface area contributed by atoms with Crippen molar-refractivity contribution in [2.75, 3.05) is 10.5 Å². The van der Waals surface area contributed by atoms with E-state index >= 15 is 0 Å². The van der Waals surface area contributed by atoms with E-state index < -0.39 is 34.7 Å². The van der Waals surface area contributed by atoms with Crippen molar-refractivity contribution in [2.45, 2.75) is 12.1 Å². The van der Waals surface area contributed by atoms with Gasteiger partial charge in [0.1, 0.15) is 5.82 Å². The van der Waals surface area contributed by atoms with Crippen molar-refractivity contribution in [1.82, 2.24) is 4.98 Å². The summed E-state index contributed by atoms with van der Waals surface area (Å²) in [5.74, 6) is -8.82. The summed E-state index contributed by atoms with van der Waals surface area (Å²) < 4.78 is 60.6. The number of carbonyl (C=O) groups excluding carboxylic acids is 1. The van der Waals surface area contributed by atoms with Gasteiger partial charge in [0.15, 0.2) is 0 Å². The predicted molar refractivity (Wildman–Crippen MR) is 51.5 cm³/mol. The lowest BCUT2D eigenvalue weighted by molar-refractivity contribution is -0.267. The van der Waals surface area contributed by atoms with Crippen LogP contribution >= 0.6 is 0 Å². The van der Waals surface area contributed by atoms with Gasteiger partial charge in [-0.2, -0.15) is 22.0 Å². The maximum atomic E-state index is 12.6. The molecule has 0 radical (unpaired) electrons. The first-order valence-electron chi connectivity index (χ1n) is 4.44. The van der Waals surface area contributed by atoms with Gasteiger partial charge in [-0.25, -0.2) is 4.98 Å². The maximum absolute atomic E-state index is 12.6. The molecule has 0 bridgehead atoms. The second kappa shape index (κ2) is 4.93. The first-order chi connectivity index (χ1) is 8.55. The van der Waals surface area contributed by atoms with Crippen molar-refractivity contribution < 1.29 is 32.0 Å². The number of carbonyl (C=O) groups is 1. The lowest BCUT2D eigenvalue weighted by atomic mass is 10.3. The van der Waals surface area contributed by atoms with Crippen LogP contribution in [0.3, 0.4) is 0 Å². The van der Waals surface area contributed by atoms with Gasteiger partial charge in [0, 0.05) is 0 Å². The van der Waals surface area contributed by atoms with Gasteiger partial charge in [-0.05, 0) is 12.1 Å². The molecule has 0 spiro atoms. The highest BCUT2D eigenvalue weighted by Crippen LogP contribution is 2.36. The van der Waals surface area contributed by atoms with Crippen LogP contribution in [0.15, 0.2) is 18.3 Å². The molecule has 0 fully saturated rings. The number of hydrogen-bond acceptors (Lipinski definition) is 5. The Hall–Kier alpha value is -2.01. The summed E-state index contributed by atoms with van der Waals surface area (Å²) in [4.78, 5) is 14.0. The molecule has 0 atom stereocenters. The lowest BCUT2D eigenvalue weighted by Crippen LogP contribution is -2.47. The lowest BCUT2D eigenvalue weighted by Gasteiger charge is -2.21. The number of halogens is 5. The fourth-order valence-corrected chi connectivity index (χ4v) is 0.897. The molecule has 0 saturated carbocycles. The topological polar surface area (TPSA) is 88.5 Å². The zero-order valence-corrected chi connectivity index (χ0v) is 8.78. The van der Waals surface area contributed by atoms with Crippen molar-refractivity contribution in [3.63, 3.8) is 0 Å². The monoisotopic (exact) mass is 286 g/mol. The summed E-state index contributed by atoms with van der Waals surface area (Å²) in [7, 11) is 0. The SMILES string of the molecule is O=C(Nc1ccc(N([O-])O)cn1)C(F)(F)C(F)(F)F. The van der Waals surface area contributed by atoms with Gasteiger partial charge >= 0.3 is 18.0 Å². The van der Waals surface area contributed by atoms with E-state index in [-0.39, 0.29) is 0 Å². The third-order valence-electron chi connectivity index (χ3n) is 1.85. The molecular weight excluding hydrogens is 281 g/mol. The largest absolute Gasteiger partial charge is 0.733 e. The highest BCUT2D eigenvalue weighted by molar-refractivity contribution is 5.96. The van der Waals surface area contributed by atoms with Gasteiger partial charge in [0.2, 0.25) is 0 Å². The fraction of sp³-hybridized carbons (Fsp3) is 0.250. The Morgan fingerprint density at radius 1 is 1.32 bits per heavy atom. The van der Waals surface area contributed by atoms with Gasteiger partial charge in [0.05, 0.1) is 11.9 Å². The Morgan fingerprint density at radius 3 is 2.26 bits per heavy atom. The molecule has 2 N–H and O–H groups in total. The molecule has 1 aromatic heterocycles. The molecule has 1 amide bonds. The summed E-state index contributed by atoms with van der Waals surface area (Å²) in [6, 6.07) is 1.61. The highest BCUT2D eigenvalue weighted by Gasteiger charge is 2.63. The first kappa shape index (κ1) is 15.0. The minimum absolute atomic E-state index is 0.402. The molecule has 1 heterocycles. The van der Waals surface area contributed by atoms with Crippen LogP contribution in [0.1, 0.15) is 0 Å². The van der Waals surface area contributed by atoms with Gasteiger partial charge in [-0.1, -0.05) is 0 Å². The van der Waals surface area contributed by atoms with Crippen LogP contribution in [-0.4, -0.2) is 28.2 Å². The molecule has 0 saturated heterocycles. The van der Waals surface area contributed by atoms with Crippen LogP contribution in [0, 0.1) is 5.21 Å². The Balaban J connectivity index is 2.83. The molecule has 1 rings (SSSR count). The normalized spacial score (nSPS) is 12.2. The molecule has 0 aliphatic rings. The van der Waals surface area contributed by atoms with Crippen molar-refractivity contribution >= 4 is 17.4 Å². The summed E-state index contributed by atoms with van der Waals surface area (Å²) in [5.41, 5.74) is -0.402. The van der Waals surface area contributed by atoms with Crippen LogP contribution in [0.4, 0.5) is 33.5 Å². The highest BCUT2D eigenvalue weighted by atomic mass is 19.4. The maximum Gasteiger partial charge on any atom is 0.463 e. The molecule has 0 aliphatic heterocycles. The molecule has 11 heteroatoms. The molecule has 0 aliphatic carbocycles. The van der Waals surface area contributed by atoms with E-state index in [1.807, 2.05) is 0 Å². The zero-order valence-electron chi connectivity index (χ0n) is 8.78. The minimum Gasteiger partial charge on any atom is -0.733 e. The van der Waals surface area contributed by atoms with Crippen LogP contribution in [-0.2, 0) is 4.79 Å². The summed E-state index contributed by atoms with van der Waals surface area (Å²) >= 11 is 0. The van der Waals surface area contributed by atoms with Gasteiger partial charge in [-0.15, -0.1) is 0 Å². The standard InChI is InChI=1S/C8H5F5N3O3/c9-7(10,8(11,12)13)6(17)15-5-2-1-4(3-14-5)16(18)19/h1-3,18H,(H,14,15,17)/q-1. The number of rotatable bonds is 3. The van der Waals surface area contributed by atoms with E-state index in [2.05, 4.69) is 4.98 Å². The predicted octanol–water partition coefficient (Wildman–Crippen LogP) is 1.91. The number of alkyl halides is 5. The van der Waals surface area contributed by atoms with Crippen molar-refractivity contribution in [3.05, 3.63) is 23.5 Å². The molecular formula is C8H5F5N3O3-. The number of aromatic nitrogens is 1. The number of nitrogens with zero attached hydrogens (tertiary/aromatic N) is 2. The number of anilines is 2. The summed E-state index contributed by atoms with van der Waals surface area (Å²) in [6.07, 6.45) is -5.37. The van der Waals surface area contributed by atoms with Crippen molar-refractivity contribution in [1.29, 1.82) is 0 Å². The smallest absolute Gasteiger partial charge is 0.463 e. The van der Waals surface area contributed by atoms with Crippen LogP contribution in [0.5, 0.6) is 0 Å². The Kier molecular flexibility index (Phi) is 3.91. The minimum atomic E-state index is -6.03. The molecule has 6 nitrogen and oxygen atoms in total. The number of amides is 1. The van der Waals surface area contributed by atoms with E-state index in [9.17, 15) is 32.0 Å². The van der Waals surface area contributed by atoms with Crippen molar-refractivity contribution in [3.8, 4) is 0 Å². The Morgan fingerprint density at radius 2 is 1.89 bits per heavy atom. The van der Waals surface area contributed by atoms with E-state index in [4.69, 9.17) is 5.21 Å². The molecule has 106 valence electrons. The second-order valence-electron chi connectivity index (χ2n) is 3.20. The van der Waals surface area contributed by atoms with E-state index in [1.165, 1.54) is 5.32 Å². The van der Waals surface area contributed by atoms with Gasteiger partial charge < -0.3 is 15.8 Å². The quantitative estimate of drug-likeness (QED) is 0.654. The van der Waals surface area contributed by atoms with Crippen LogP contribution < -0.4 is 10.5 Å². The number of nitrogens with one attached hydrogen (secondary N) is 1. The zero-order chi connectivity index (χ0) is 14.8. The third-order valence-corrected chi connectivity index (χ3v) is 1.85. The van der Waals surface area contributed by atoms with Gasteiger partial charge in [-0.3, -0.25) is 10.0 Å². The van der Waals surface area contributed by atoms with E-state index in [0.29, 0.717) is 6.20 Å². The number of pyridine rings is 1.